The van der Waals surface area contributed by atoms with Gasteiger partial charge in [0.1, 0.15) is 0 Å². The summed E-state index contributed by atoms with van der Waals surface area (Å²) >= 11 is 12.7. The summed E-state index contributed by atoms with van der Waals surface area (Å²) in [5, 5.41) is 12.4. The van der Waals surface area contributed by atoms with E-state index in [1.54, 1.807) is 6.07 Å². The number of carboxylic acids is 1. The Bertz CT molecular complexity index is 1040. The van der Waals surface area contributed by atoms with Crippen LogP contribution < -0.4 is 0 Å². The van der Waals surface area contributed by atoms with Gasteiger partial charge in [-0.25, -0.2) is 0 Å². The molecule has 0 saturated heterocycles. The highest BCUT2D eigenvalue weighted by Gasteiger charge is 2.45. The van der Waals surface area contributed by atoms with E-state index in [0.717, 1.165) is 41.4 Å². The number of hydrogen-bond acceptors (Lipinski definition) is 1. The molecule has 1 aliphatic carbocycles. The second-order valence-corrected chi connectivity index (χ2v) is 9.08. The maximum Gasteiger partial charge on any atom is 0.309 e. The number of hydrogen-bond donors (Lipinski definition) is 2. The van der Waals surface area contributed by atoms with Crippen molar-refractivity contribution in [1.29, 1.82) is 0 Å². The van der Waals surface area contributed by atoms with Crippen LogP contribution in [0.1, 0.15) is 55.3 Å². The third-order valence-electron chi connectivity index (χ3n) is 6.44. The lowest BCUT2D eigenvalue weighted by atomic mass is 9.65. The predicted molar refractivity (Wildman–Crippen MR) is 119 cm³/mol. The van der Waals surface area contributed by atoms with E-state index in [1.165, 1.54) is 5.56 Å². The van der Waals surface area contributed by atoms with E-state index in [0.29, 0.717) is 29.3 Å². The van der Waals surface area contributed by atoms with Crippen LogP contribution in [0.2, 0.25) is 10.0 Å². The SMILES string of the molecule is CCC1CC(CCCc2ccccc2)(C(=O)O)Cc2c1[nH]c1c(Cl)cc(Cl)cc21. The Morgan fingerprint density at radius 1 is 1.24 bits per heavy atom. The summed E-state index contributed by atoms with van der Waals surface area (Å²) in [7, 11) is 0. The molecule has 2 aromatic carbocycles. The first-order chi connectivity index (χ1) is 13.9. The quantitative estimate of drug-likeness (QED) is 0.442. The van der Waals surface area contributed by atoms with Crippen molar-refractivity contribution in [2.45, 2.75) is 51.4 Å². The molecule has 0 spiro atoms. The molecule has 5 heteroatoms. The molecule has 3 aromatic rings. The van der Waals surface area contributed by atoms with Gasteiger partial charge in [0.05, 0.1) is 16.0 Å². The van der Waals surface area contributed by atoms with E-state index in [2.05, 4.69) is 24.0 Å². The zero-order valence-electron chi connectivity index (χ0n) is 16.5. The standard InChI is InChI=1S/C24H25Cl2NO2/c1-2-16-13-24(23(28)29,10-6-9-15-7-4-3-5-8-15)14-19-18-11-17(25)12-20(26)22(18)27-21(16)19/h3-5,7-8,11-12,16,27H,2,6,9-10,13-14H2,1H3,(H,28,29). The van der Waals surface area contributed by atoms with Crippen LogP contribution in [-0.4, -0.2) is 16.1 Å². The number of carboxylic acid groups (broad SMARTS) is 1. The van der Waals surface area contributed by atoms with Crippen LogP contribution in [0.25, 0.3) is 10.9 Å². The molecule has 3 nitrogen and oxygen atoms in total. The lowest BCUT2D eigenvalue weighted by Crippen LogP contribution is -2.38. The molecule has 0 radical (unpaired) electrons. The minimum Gasteiger partial charge on any atom is -0.481 e. The van der Waals surface area contributed by atoms with Gasteiger partial charge < -0.3 is 10.1 Å². The molecule has 29 heavy (non-hydrogen) atoms. The molecule has 0 aliphatic heterocycles. The first kappa shape index (κ1) is 20.3. The van der Waals surface area contributed by atoms with Gasteiger partial charge in [-0.05, 0) is 61.8 Å². The van der Waals surface area contributed by atoms with Gasteiger partial charge in [-0.1, -0.05) is 60.5 Å². The van der Waals surface area contributed by atoms with E-state index in [9.17, 15) is 9.90 Å². The summed E-state index contributed by atoms with van der Waals surface area (Å²) in [6, 6.07) is 13.9. The van der Waals surface area contributed by atoms with Crippen molar-refractivity contribution in [3.63, 3.8) is 0 Å². The lowest BCUT2D eigenvalue weighted by molar-refractivity contribution is -0.150. The Morgan fingerprint density at radius 3 is 2.69 bits per heavy atom. The fourth-order valence-electron chi connectivity index (χ4n) is 4.90. The number of halogens is 2. The minimum absolute atomic E-state index is 0.175. The molecule has 2 atom stereocenters. The Balaban J connectivity index is 1.69. The van der Waals surface area contributed by atoms with E-state index >= 15 is 0 Å². The summed E-state index contributed by atoms with van der Waals surface area (Å²) in [6.07, 6.45) is 4.46. The van der Waals surface area contributed by atoms with E-state index in [1.807, 2.05) is 24.3 Å². The van der Waals surface area contributed by atoms with Crippen LogP contribution in [0.4, 0.5) is 0 Å². The van der Waals surface area contributed by atoms with Crippen LogP contribution in [0, 0.1) is 5.41 Å². The minimum atomic E-state index is -0.758. The third-order valence-corrected chi connectivity index (χ3v) is 6.95. The number of aryl methyl sites for hydroxylation is 1. The summed E-state index contributed by atoms with van der Waals surface area (Å²) in [4.78, 5) is 16.0. The molecule has 1 heterocycles. The molecule has 2 unspecified atom stereocenters. The molecule has 0 bridgehead atoms. The number of aromatic amines is 1. The van der Waals surface area contributed by atoms with Gasteiger partial charge in [0.2, 0.25) is 0 Å². The smallest absolute Gasteiger partial charge is 0.309 e. The fourth-order valence-corrected chi connectivity index (χ4v) is 5.44. The van der Waals surface area contributed by atoms with Gasteiger partial charge in [0.15, 0.2) is 0 Å². The topological polar surface area (TPSA) is 53.1 Å². The van der Waals surface area contributed by atoms with Gasteiger partial charge in [-0.15, -0.1) is 0 Å². The van der Waals surface area contributed by atoms with Gasteiger partial charge >= 0.3 is 5.97 Å². The summed E-state index contributed by atoms with van der Waals surface area (Å²) in [5.41, 5.74) is 3.57. The summed E-state index contributed by atoms with van der Waals surface area (Å²) < 4.78 is 0. The Hall–Kier alpha value is -1.97. The molecule has 0 saturated carbocycles. The van der Waals surface area contributed by atoms with Crippen molar-refractivity contribution >= 4 is 40.1 Å². The maximum absolute atomic E-state index is 12.5. The zero-order valence-corrected chi connectivity index (χ0v) is 18.0. The molecular weight excluding hydrogens is 405 g/mol. The first-order valence-corrected chi connectivity index (χ1v) is 11.0. The number of H-pyrrole nitrogens is 1. The van der Waals surface area contributed by atoms with E-state index < -0.39 is 11.4 Å². The van der Waals surface area contributed by atoms with Crippen molar-refractivity contribution in [1.82, 2.24) is 4.98 Å². The molecule has 0 amide bonds. The highest BCUT2D eigenvalue weighted by Crippen LogP contribution is 2.49. The molecule has 152 valence electrons. The molecule has 2 N–H and O–H groups in total. The van der Waals surface area contributed by atoms with Crippen LogP contribution in [-0.2, 0) is 17.6 Å². The Morgan fingerprint density at radius 2 is 2.00 bits per heavy atom. The highest BCUT2D eigenvalue weighted by atomic mass is 35.5. The predicted octanol–water partition coefficient (Wildman–Crippen LogP) is 7.01. The number of fused-ring (bicyclic) bond motifs is 3. The third kappa shape index (κ3) is 3.78. The van der Waals surface area contributed by atoms with E-state index in [-0.39, 0.29) is 5.92 Å². The van der Waals surface area contributed by atoms with Crippen LogP contribution in [0.5, 0.6) is 0 Å². The summed E-state index contributed by atoms with van der Waals surface area (Å²) in [6.45, 7) is 2.12. The molecular formula is C24H25Cl2NO2. The van der Waals surface area contributed by atoms with Gasteiger partial charge in [-0.3, -0.25) is 4.79 Å². The van der Waals surface area contributed by atoms with Crippen molar-refractivity contribution in [2.24, 2.45) is 5.41 Å². The van der Waals surface area contributed by atoms with Gasteiger partial charge in [-0.2, -0.15) is 0 Å². The normalized spacial score (nSPS) is 21.3. The van der Waals surface area contributed by atoms with Crippen molar-refractivity contribution < 1.29 is 9.90 Å². The zero-order chi connectivity index (χ0) is 20.6. The number of nitrogens with one attached hydrogen (secondary N) is 1. The average molecular weight is 430 g/mol. The number of benzene rings is 2. The van der Waals surface area contributed by atoms with Crippen LogP contribution >= 0.6 is 23.2 Å². The molecule has 0 fully saturated rings. The maximum atomic E-state index is 12.5. The van der Waals surface area contributed by atoms with Crippen LogP contribution in [0.3, 0.4) is 0 Å². The second-order valence-electron chi connectivity index (χ2n) is 8.24. The van der Waals surface area contributed by atoms with Crippen molar-refractivity contribution in [2.75, 3.05) is 0 Å². The second kappa shape index (κ2) is 8.04. The lowest BCUT2D eigenvalue weighted by Gasteiger charge is -2.37. The van der Waals surface area contributed by atoms with Gasteiger partial charge in [0, 0.05) is 22.0 Å². The number of carbonyl (C=O) groups is 1. The monoisotopic (exact) mass is 429 g/mol. The number of aromatic nitrogens is 1. The van der Waals surface area contributed by atoms with Crippen molar-refractivity contribution in [3.05, 3.63) is 69.3 Å². The van der Waals surface area contributed by atoms with Crippen molar-refractivity contribution in [3.8, 4) is 0 Å². The first-order valence-electron chi connectivity index (χ1n) is 10.2. The number of rotatable bonds is 6. The Kier molecular flexibility index (Phi) is 5.63. The van der Waals surface area contributed by atoms with Crippen LogP contribution in [0.15, 0.2) is 42.5 Å². The number of aliphatic carboxylic acids is 1. The fraction of sp³-hybridized carbons (Fsp3) is 0.375. The Labute approximate surface area is 181 Å². The molecule has 1 aromatic heterocycles. The molecule has 1 aliphatic rings. The molecule has 4 rings (SSSR count). The average Bonchev–Trinajstić information content (AvgIpc) is 3.07. The van der Waals surface area contributed by atoms with Gasteiger partial charge in [0.25, 0.3) is 0 Å². The summed E-state index contributed by atoms with van der Waals surface area (Å²) in [5.74, 6) is -0.522. The largest absolute Gasteiger partial charge is 0.481 e. The highest BCUT2D eigenvalue weighted by molar-refractivity contribution is 6.38. The van der Waals surface area contributed by atoms with E-state index in [4.69, 9.17) is 23.2 Å².